The van der Waals surface area contributed by atoms with Crippen LogP contribution in [0.2, 0.25) is 0 Å². The van der Waals surface area contributed by atoms with E-state index in [1.165, 1.54) is 5.01 Å². The number of carbonyl (C=O) groups is 2. The maximum absolute atomic E-state index is 12.7. The summed E-state index contributed by atoms with van der Waals surface area (Å²) in [4.78, 5) is 24.9. The van der Waals surface area contributed by atoms with Gasteiger partial charge in [0.1, 0.15) is 5.71 Å². The van der Waals surface area contributed by atoms with Gasteiger partial charge in [0, 0.05) is 18.5 Å². The number of anilines is 1. The van der Waals surface area contributed by atoms with E-state index in [2.05, 4.69) is 24.3 Å². The van der Waals surface area contributed by atoms with E-state index in [4.69, 9.17) is 0 Å². The Morgan fingerprint density at radius 2 is 2.07 bits per heavy atom. The molecule has 0 spiro atoms. The summed E-state index contributed by atoms with van der Waals surface area (Å²) in [6, 6.07) is 7.18. The molecular weight excluding hydrogens is 366 g/mol. The van der Waals surface area contributed by atoms with Crippen molar-refractivity contribution in [3.8, 4) is 0 Å². The molecule has 0 aromatic heterocycles. The Morgan fingerprint density at radius 3 is 2.74 bits per heavy atom. The van der Waals surface area contributed by atoms with Crippen LogP contribution in [0.4, 0.5) is 5.69 Å². The van der Waals surface area contributed by atoms with Gasteiger partial charge in [0.15, 0.2) is 9.84 Å². The van der Waals surface area contributed by atoms with E-state index in [0.717, 1.165) is 17.7 Å². The Hall–Kier alpha value is -2.22. The minimum atomic E-state index is -3.14. The normalized spacial score (nSPS) is 23.0. The first kappa shape index (κ1) is 19.5. The van der Waals surface area contributed by atoms with Gasteiger partial charge in [-0.25, -0.2) is 13.4 Å². The maximum Gasteiger partial charge on any atom is 0.271 e. The highest BCUT2D eigenvalue weighted by Crippen LogP contribution is 2.27. The molecule has 1 aromatic carbocycles. The van der Waals surface area contributed by atoms with Crippen LogP contribution < -0.4 is 5.32 Å². The number of para-hydroxylation sites is 1. The first-order valence-corrected chi connectivity index (χ1v) is 11.1. The molecule has 2 aliphatic heterocycles. The molecule has 1 aromatic rings. The number of nitrogens with zero attached hydrogens (tertiary/aromatic N) is 2. The topological polar surface area (TPSA) is 95.9 Å². The second-order valence-corrected chi connectivity index (χ2v) is 9.42. The number of hydrazone groups is 1. The minimum Gasteiger partial charge on any atom is -0.321 e. The van der Waals surface area contributed by atoms with E-state index < -0.39 is 15.9 Å². The monoisotopic (exact) mass is 391 g/mol. The van der Waals surface area contributed by atoms with Gasteiger partial charge in [0.25, 0.3) is 5.91 Å². The van der Waals surface area contributed by atoms with Crippen LogP contribution in [0, 0.1) is 0 Å². The molecule has 0 bridgehead atoms. The van der Waals surface area contributed by atoms with Gasteiger partial charge in [-0.15, -0.1) is 0 Å². The lowest BCUT2D eigenvalue weighted by molar-refractivity contribution is -0.133. The van der Waals surface area contributed by atoms with Crippen LogP contribution in [-0.2, 0) is 19.4 Å². The Kier molecular flexibility index (Phi) is 5.64. The number of rotatable bonds is 5. The average Bonchev–Trinajstić information content (AvgIpc) is 3.01. The van der Waals surface area contributed by atoms with Crippen LogP contribution in [0.1, 0.15) is 51.0 Å². The molecule has 1 N–H and O–H groups in total. The molecule has 0 radical (unpaired) electrons. The van der Waals surface area contributed by atoms with E-state index >= 15 is 0 Å². The lowest BCUT2D eigenvalue weighted by Gasteiger charge is -2.27. The smallest absolute Gasteiger partial charge is 0.271 e. The summed E-state index contributed by atoms with van der Waals surface area (Å²) in [6.45, 7) is 4.19. The minimum absolute atomic E-state index is 0.0563. The second kappa shape index (κ2) is 7.80. The Labute approximate surface area is 159 Å². The Balaban J connectivity index is 1.79. The standard InChI is InChI=1S/C19H25N3O4S/c1-3-13(2)15-6-4-5-7-16(15)20-19(24)17-8-9-18(23)22(21-17)14-10-11-27(25,26)12-14/h4-7,13-14H,3,8-12H2,1-2H3,(H,20,24). The zero-order valence-corrected chi connectivity index (χ0v) is 16.5. The average molecular weight is 391 g/mol. The predicted octanol–water partition coefficient (Wildman–Crippen LogP) is 2.30. The molecule has 2 amide bonds. The van der Waals surface area contributed by atoms with Crippen molar-refractivity contribution < 1.29 is 18.0 Å². The van der Waals surface area contributed by atoms with E-state index in [1.54, 1.807) is 0 Å². The number of carbonyl (C=O) groups excluding carboxylic acids is 2. The number of amides is 2. The van der Waals surface area contributed by atoms with Crippen LogP contribution >= 0.6 is 0 Å². The van der Waals surface area contributed by atoms with Gasteiger partial charge in [-0.2, -0.15) is 5.10 Å². The molecule has 27 heavy (non-hydrogen) atoms. The maximum atomic E-state index is 12.7. The molecule has 2 unspecified atom stereocenters. The van der Waals surface area contributed by atoms with Crippen LogP contribution in [0.25, 0.3) is 0 Å². The summed E-state index contributed by atoms with van der Waals surface area (Å²) >= 11 is 0. The molecule has 7 nitrogen and oxygen atoms in total. The van der Waals surface area contributed by atoms with E-state index in [1.807, 2.05) is 24.3 Å². The molecule has 8 heteroatoms. The van der Waals surface area contributed by atoms with Gasteiger partial charge in [-0.3, -0.25) is 9.59 Å². The molecule has 0 saturated carbocycles. The lowest BCUT2D eigenvalue weighted by Crippen LogP contribution is -2.42. The summed E-state index contributed by atoms with van der Waals surface area (Å²) < 4.78 is 23.4. The number of nitrogens with one attached hydrogen (secondary N) is 1. The predicted molar refractivity (Wildman–Crippen MR) is 104 cm³/mol. The number of hydrogen-bond acceptors (Lipinski definition) is 5. The van der Waals surface area contributed by atoms with Crippen LogP contribution in [0.3, 0.4) is 0 Å². The fraction of sp³-hybridized carbons (Fsp3) is 0.526. The van der Waals surface area contributed by atoms with E-state index in [0.29, 0.717) is 12.3 Å². The molecule has 1 fully saturated rings. The van der Waals surface area contributed by atoms with Gasteiger partial charge in [-0.05, 0) is 30.4 Å². The van der Waals surface area contributed by atoms with E-state index in [9.17, 15) is 18.0 Å². The lowest BCUT2D eigenvalue weighted by atomic mass is 9.96. The molecule has 2 heterocycles. The van der Waals surface area contributed by atoms with Gasteiger partial charge in [0.2, 0.25) is 5.91 Å². The highest BCUT2D eigenvalue weighted by Gasteiger charge is 2.37. The third-order valence-corrected chi connectivity index (χ3v) is 6.98. The third-order valence-electron chi connectivity index (χ3n) is 5.23. The van der Waals surface area contributed by atoms with Crippen molar-refractivity contribution in [3.63, 3.8) is 0 Å². The van der Waals surface area contributed by atoms with Crippen LogP contribution in [0.5, 0.6) is 0 Å². The summed E-state index contributed by atoms with van der Waals surface area (Å²) in [5.74, 6) is -0.302. The molecule has 146 valence electrons. The highest BCUT2D eigenvalue weighted by atomic mass is 32.2. The van der Waals surface area contributed by atoms with Crippen molar-refractivity contribution in [1.82, 2.24) is 5.01 Å². The van der Waals surface area contributed by atoms with Crippen molar-refractivity contribution >= 4 is 33.1 Å². The molecule has 2 aliphatic rings. The van der Waals surface area contributed by atoms with E-state index in [-0.39, 0.29) is 41.9 Å². The van der Waals surface area contributed by atoms with Crippen molar-refractivity contribution in [2.75, 3.05) is 16.8 Å². The quantitative estimate of drug-likeness (QED) is 0.833. The van der Waals surface area contributed by atoms with Crippen molar-refractivity contribution in [1.29, 1.82) is 0 Å². The molecule has 3 rings (SSSR count). The molecule has 2 atom stereocenters. The Bertz CT molecular complexity index is 879. The Morgan fingerprint density at radius 1 is 1.33 bits per heavy atom. The first-order valence-electron chi connectivity index (χ1n) is 9.31. The van der Waals surface area contributed by atoms with Crippen molar-refractivity contribution in [2.45, 2.75) is 51.5 Å². The summed E-state index contributed by atoms with van der Waals surface area (Å²) in [5, 5.41) is 8.35. The van der Waals surface area contributed by atoms with Gasteiger partial charge in [-0.1, -0.05) is 32.0 Å². The van der Waals surface area contributed by atoms with Crippen molar-refractivity contribution in [2.24, 2.45) is 5.10 Å². The van der Waals surface area contributed by atoms with Crippen LogP contribution in [-0.4, -0.2) is 48.5 Å². The highest BCUT2D eigenvalue weighted by molar-refractivity contribution is 7.91. The van der Waals surface area contributed by atoms with Crippen molar-refractivity contribution in [3.05, 3.63) is 29.8 Å². The molecular formula is C19H25N3O4S. The zero-order valence-electron chi connectivity index (χ0n) is 15.6. The number of benzene rings is 1. The second-order valence-electron chi connectivity index (χ2n) is 7.19. The first-order chi connectivity index (χ1) is 12.8. The number of sulfone groups is 1. The summed E-state index contributed by atoms with van der Waals surface area (Å²) in [6.07, 6.45) is 1.73. The third kappa shape index (κ3) is 4.37. The molecule has 1 saturated heterocycles. The fourth-order valence-electron chi connectivity index (χ4n) is 3.44. The van der Waals surface area contributed by atoms with Gasteiger partial charge in [0.05, 0.1) is 17.5 Å². The zero-order chi connectivity index (χ0) is 19.6. The van der Waals surface area contributed by atoms with Gasteiger partial charge >= 0.3 is 0 Å². The van der Waals surface area contributed by atoms with Gasteiger partial charge < -0.3 is 5.32 Å². The summed E-state index contributed by atoms with van der Waals surface area (Å²) in [7, 11) is -3.14. The largest absolute Gasteiger partial charge is 0.321 e. The number of hydrogen-bond donors (Lipinski definition) is 1. The summed E-state index contributed by atoms with van der Waals surface area (Å²) in [5.41, 5.74) is 2.06. The fourth-order valence-corrected chi connectivity index (χ4v) is 5.14. The van der Waals surface area contributed by atoms with Crippen LogP contribution in [0.15, 0.2) is 29.4 Å². The molecule has 0 aliphatic carbocycles. The SMILES string of the molecule is CCC(C)c1ccccc1NC(=O)C1=NN(C2CCS(=O)(=O)C2)C(=O)CC1.